The number of Topliss-reactive ketones (excluding diaryl/α,β-unsaturated/α-hetero) is 1. The molecular formula is C22H22N2O5. The molecule has 3 atom stereocenters. The molecule has 1 aromatic heterocycles. The summed E-state index contributed by atoms with van der Waals surface area (Å²) in [5.74, 6) is -2.58. The van der Waals surface area contributed by atoms with Crippen molar-refractivity contribution in [3.63, 3.8) is 0 Å². The van der Waals surface area contributed by atoms with Gasteiger partial charge in [-0.25, -0.2) is 4.79 Å². The van der Waals surface area contributed by atoms with Gasteiger partial charge in [0, 0.05) is 22.2 Å². The Labute approximate surface area is 167 Å². The largest absolute Gasteiger partial charge is 0.456 e. The van der Waals surface area contributed by atoms with Crippen molar-refractivity contribution in [3.05, 3.63) is 47.7 Å². The van der Waals surface area contributed by atoms with Crippen LogP contribution in [0.4, 0.5) is 0 Å². The molecule has 29 heavy (non-hydrogen) atoms. The summed E-state index contributed by atoms with van der Waals surface area (Å²) in [5, 5.41) is 0.764. The van der Waals surface area contributed by atoms with Gasteiger partial charge in [-0.3, -0.25) is 19.3 Å². The first-order valence-corrected chi connectivity index (χ1v) is 9.69. The average molecular weight is 394 g/mol. The summed E-state index contributed by atoms with van der Waals surface area (Å²) in [4.78, 5) is 54.5. The molecular weight excluding hydrogens is 372 g/mol. The summed E-state index contributed by atoms with van der Waals surface area (Å²) in [5.41, 5.74) is 2.01. The number of allylic oxidation sites excluding steroid dienone is 2. The van der Waals surface area contributed by atoms with Crippen molar-refractivity contribution < 1.29 is 23.9 Å². The van der Waals surface area contributed by atoms with Gasteiger partial charge < -0.3 is 9.72 Å². The highest BCUT2D eigenvalue weighted by Gasteiger charge is 2.50. The molecule has 0 unspecified atom stereocenters. The van der Waals surface area contributed by atoms with E-state index in [1.807, 2.05) is 36.4 Å². The summed E-state index contributed by atoms with van der Waals surface area (Å²) in [6.07, 6.45) is 4.79. The number of aromatic nitrogens is 1. The van der Waals surface area contributed by atoms with Crippen LogP contribution < -0.4 is 0 Å². The highest BCUT2D eigenvalue weighted by atomic mass is 16.5. The van der Waals surface area contributed by atoms with Crippen molar-refractivity contribution in [2.45, 2.75) is 32.7 Å². The van der Waals surface area contributed by atoms with Gasteiger partial charge in [0.1, 0.15) is 6.04 Å². The number of fused-ring (bicyclic) bond motifs is 2. The van der Waals surface area contributed by atoms with Gasteiger partial charge in [-0.1, -0.05) is 30.4 Å². The van der Waals surface area contributed by atoms with E-state index in [2.05, 4.69) is 4.98 Å². The normalized spacial score (nSPS) is 22.1. The average Bonchev–Trinajstić information content (AvgIpc) is 3.19. The van der Waals surface area contributed by atoms with Crippen LogP contribution in [0.15, 0.2) is 36.4 Å². The van der Waals surface area contributed by atoms with Crippen LogP contribution in [0, 0.1) is 18.8 Å². The maximum Gasteiger partial charge on any atom is 0.329 e. The Balaban J connectivity index is 1.44. The van der Waals surface area contributed by atoms with E-state index in [9.17, 15) is 19.2 Å². The quantitative estimate of drug-likeness (QED) is 0.364. The van der Waals surface area contributed by atoms with Crippen molar-refractivity contribution in [2.75, 3.05) is 6.61 Å². The molecule has 1 fully saturated rings. The van der Waals surface area contributed by atoms with Crippen LogP contribution in [0.2, 0.25) is 0 Å². The first kappa shape index (κ1) is 19.1. The van der Waals surface area contributed by atoms with E-state index >= 15 is 0 Å². The van der Waals surface area contributed by atoms with Crippen LogP contribution >= 0.6 is 0 Å². The topological polar surface area (TPSA) is 96.5 Å². The predicted octanol–water partition coefficient (Wildman–Crippen LogP) is 2.54. The fourth-order valence-electron chi connectivity index (χ4n) is 4.28. The number of benzene rings is 1. The van der Waals surface area contributed by atoms with E-state index in [0.29, 0.717) is 24.1 Å². The number of ketones is 1. The SMILES string of the molecule is Cc1[nH]c2ccccc2c1C(=O)COC(=O)[C@H](C)N1C(=O)[C@@H]2CC=CC[C@H]2C1=O. The predicted molar refractivity (Wildman–Crippen MR) is 105 cm³/mol. The smallest absolute Gasteiger partial charge is 0.329 e. The number of aryl methyl sites for hydroxylation is 1. The van der Waals surface area contributed by atoms with Crippen molar-refractivity contribution in [1.82, 2.24) is 9.88 Å². The number of esters is 1. The Hall–Kier alpha value is -3.22. The number of carbonyl (C=O) groups is 4. The number of amides is 2. The van der Waals surface area contributed by atoms with Crippen LogP contribution in [0.5, 0.6) is 0 Å². The van der Waals surface area contributed by atoms with E-state index in [1.165, 1.54) is 6.92 Å². The Bertz CT molecular complexity index is 1020. The summed E-state index contributed by atoms with van der Waals surface area (Å²) < 4.78 is 5.19. The molecule has 1 aliphatic carbocycles. The third-order valence-electron chi connectivity index (χ3n) is 5.79. The molecule has 2 aliphatic rings. The van der Waals surface area contributed by atoms with Crippen LogP contribution in [-0.4, -0.2) is 46.1 Å². The van der Waals surface area contributed by atoms with Crippen molar-refractivity contribution >= 4 is 34.5 Å². The first-order valence-electron chi connectivity index (χ1n) is 9.69. The van der Waals surface area contributed by atoms with Crippen LogP contribution in [0.1, 0.15) is 35.8 Å². The minimum Gasteiger partial charge on any atom is -0.456 e. The van der Waals surface area contributed by atoms with Crippen molar-refractivity contribution in [3.8, 4) is 0 Å². The van der Waals surface area contributed by atoms with Gasteiger partial charge in [0.05, 0.1) is 11.8 Å². The molecule has 1 N–H and O–H groups in total. The van der Waals surface area contributed by atoms with E-state index in [1.54, 1.807) is 6.92 Å². The Morgan fingerprint density at radius 3 is 2.41 bits per heavy atom. The fraction of sp³-hybridized carbons (Fsp3) is 0.364. The maximum atomic E-state index is 12.7. The summed E-state index contributed by atoms with van der Waals surface area (Å²) in [6, 6.07) is 6.34. The zero-order valence-corrected chi connectivity index (χ0v) is 16.3. The molecule has 1 saturated heterocycles. The third-order valence-corrected chi connectivity index (χ3v) is 5.79. The highest BCUT2D eigenvalue weighted by Crippen LogP contribution is 2.36. The summed E-state index contributed by atoms with van der Waals surface area (Å²) in [7, 11) is 0. The molecule has 4 rings (SSSR count). The molecule has 0 bridgehead atoms. The summed E-state index contributed by atoms with van der Waals surface area (Å²) in [6.45, 7) is 2.80. The lowest BCUT2D eigenvalue weighted by Gasteiger charge is -2.21. The lowest BCUT2D eigenvalue weighted by Crippen LogP contribution is -2.44. The number of nitrogens with one attached hydrogen (secondary N) is 1. The zero-order valence-electron chi connectivity index (χ0n) is 16.3. The van der Waals surface area contributed by atoms with Gasteiger partial charge in [-0.2, -0.15) is 0 Å². The fourth-order valence-corrected chi connectivity index (χ4v) is 4.28. The molecule has 1 aliphatic heterocycles. The minimum absolute atomic E-state index is 0.336. The molecule has 2 heterocycles. The number of imide groups is 1. The van der Waals surface area contributed by atoms with Crippen LogP contribution in [-0.2, 0) is 19.1 Å². The van der Waals surface area contributed by atoms with E-state index in [4.69, 9.17) is 4.74 Å². The second-order valence-electron chi connectivity index (χ2n) is 7.58. The molecule has 7 nitrogen and oxygen atoms in total. The molecule has 0 spiro atoms. The number of ether oxygens (including phenoxy) is 1. The molecule has 0 saturated carbocycles. The molecule has 0 radical (unpaired) electrons. The number of likely N-dealkylation sites (tertiary alicyclic amines) is 1. The van der Waals surface area contributed by atoms with Gasteiger partial charge in [0.15, 0.2) is 6.61 Å². The molecule has 2 amide bonds. The Morgan fingerprint density at radius 1 is 1.14 bits per heavy atom. The van der Waals surface area contributed by atoms with E-state index in [0.717, 1.165) is 15.8 Å². The number of hydrogen-bond donors (Lipinski definition) is 1. The third kappa shape index (κ3) is 3.16. The van der Waals surface area contributed by atoms with Crippen LogP contribution in [0.3, 0.4) is 0 Å². The Kier molecular flexibility index (Phi) is 4.82. The van der Waals surface area contributed by atoms with Crippen molar-refractivity contribution in [1.29, 1.82) is 0 Å². The zero-order chi connectivity index (χ0) is 20.7. The monoisotopic (exact) mass is 394 g/mol. The summed E-state index contributed by atoms with van der Waals surface area (Å²) >= 11 is 0. The number of aromatic amines is 1. The van der Waals surface area contributed by atoms with E-state index < -0.39 is 30.5 Å². The Morgan fingerprint density at radius 2 is 1.76 bits per heavy atom. The lowest BCUT2D eigenvalue weighted by atomic mass is 9.85. The van der Waals surface area contributed by atoms with Crippen molar-refractivity contribution in [2.24, 2.45) is 11.8 Å². The standard InChI is InChI=1S/C22H22N2O5/c1-12-19(16-9-5-6-10-17(16)23-12)18(25)11-29-22(28)13(2)24-20(26)14-7-3-4-8-15(14)21(24)27/h3-6,9-10,13-15,23H,7-8,11H2,1-2H3/t13-,14+,15+/m0/s1. The molecule has 7 heteroatoms. The number of nitrogens with zero attached hydrogens (tertiary/aromatic N) is 1. The van der Waals surface area contributed by atoms with Crippen LogP contribution in [0.25, 0.3) is 10.9 Å². The number of para-hydroxylation sites is 1. The second kappa shape index (κ2) is 7.31. The minimum atomic E-state index is -1.06. The van der Waals surface area contributed by atoms with Gasteiger partial charge >= 0.3 is 5.97 Å². The number of rotatable bonds is 5. The van der Waals surface area contributed by atoms with Gasteiger partial charge in [-0.05, 0) is 32.8 Å². The number of carbonyl (C=O) groups excluding carboxylic acids is 4. The number of hydrogen-bond acceptors (Lipinski definition) is 5. The molecule has 1 aromatic carbocycles. The maximum absolute atomic E-state index is 12.7. The highest BCUT2D eigenvalue weighted by molar-refractivity contribution is 6.11. The molecule has 150 valence electrons. The number of H-pyrrole nitrogens is 1. The van der Waals surface area contributed by atoms with Gasteiger partial charge in [-0.15, -0.1) is 0 Å². The molecule has 2 aromatic rings. The second-order valence-corrected chi connectivity index (χ2v) is 7.58. The van der Waals surface area contributed by atoms with Gasteiger partial charge in [0.25, 0.3) is 0 Å². The first-order chi connectivity index (χ1) is 13.9. The van der Waals surface area contributed by atoms with E-state index in [-0.39, 0.29) is 17.6 Å². The lowest BCUT2D eigenvalue weighted by molar-refractivity contribution is -0.157. The van der Waals surface area contributed by atoms with Gasteiger partial charge in [0.2, 0.25) is 17.6 Å².